The number of nitrogens with one attached hydrogen (secondary N) is 1. The summed E-state index contributed by atoms with van der Waals surface area (Å²) in [4.78, 5) is 13.4. The molecule has 2 aromatic heterocycles. The van der Waals surface area contributed by atoms with E-state index in [1.165, 1.54) is 19.3 Å². The molecule has 3 aromatic rings. The Kier molecular flexibility index (Phi) is 13.3. The highest BCUT2D eigenvalue weighted by molar-refractivity contribution is 6.34. The van der Waals surface area contributed by atoms with Crippen LogP contribution in [0.25, 0.3) is 17.0 Å². The monoisotopic (exact) mass is 666 g/mol. The molecule has 5 rings (SSSR count). The Hall–Kier alpha value is -3.98. The lowest BCUT2D eigenvalue weighted by molar-refractivity contribution is 0.250. The Morgan fingerprint density at radius 1 is 1.23 bits per heavy atom. The molecule has 2 aliphatic rings. The zero-order valence-corrected chi connectivity index (χ0v) is 29.2. The Bertz CT molecular complexity index is 1580. The molecule has 47 heavy (non-hydrogen) atoms. The van der Waals surface area contributed by atoms with E-state index in [1.54, 1.807) is 12.3 Å². The molecule has 0 saturated heterocycles. The first-order valence-electron chi connectivity index (χ1n) is 16.2. The third kappa shape index (κ3) is 9.31. The molecule has 0 aliphatic heterocycles. The molecule has 10 heteroatoms. The lowest BCUT2D eigenvalue weighted by Gasteiger charge is -2.25. The van der Waals surface area contributed by atoms with E-state index >= 15 is 4.39 Å². The number of alkyl halides is 2. The molecule has 2 atom stereocenters. The van der Waals surface area contributed by atoms with Gasteiger partial charge in [-0.25, -0.2) is 13.8 Å². The molecular formula is C37H49ClF2N6O. The molecule has 0 amide bonds. The van der Waals surface area contributed by atoms with Crippen LogP contribution in [0.3, 0.4) is 0 Å². The van der Waals surface area contributed by atoms with Crippen molar-refractivity contribution in [1.82, 2.24) is 15.3 Å². The normalized spacial score (nSPS) is 15.8. The molecule has 0 bridgehead atoms. The van der Waals surface area contributed by atoms with Gasteiger partial charge in [-0.15, -0.1) is 0 Å². The highest BCUT2D eigenvalue weighted by atomic mass is 35.5. The van der Waals surface area contributed by atoms with Gasteiger partial charge in [-0.1, -0.05) is 38.6 Å². The van der Waals surface area contributed by atoms with Crippen LogP contribution in [0.1, 0.15) is 98.9 Å². The van der Waals surface area contributed by atoms with E-state index in [4.69, 9.17) is 27.1 Å². The fourth-order valence-corrected chi connectivity index (χ4v) is 5.65. The standard InChI is InChI=1S/C33H38ClF2N5O.C2H5N.C2H6/c1-6-42-32-19(3)14-27(41-31(32)25-9-12-38-30(28(25)34)22-7-8-22)26(33(36)10-11-33)17-39-20(4)23-13-18(2)29(37)24(15-23)16-40-21(5)35;1-2-3;1-2/h9,12-16,21-22,26,39H,4,6-8,10-11,17,37H2,1-3,5H3;2H,1,3H2;1-2H3/b40-16+;;. The minimum absolute atomic E-state index is 0.279. The SMILES string of the molecule is C=C(NCC(c1cc(C)c(OCC)c(-c2ccnc(C3CC3)c2Cl)n1)C1(F)CC1)c1cc(C)c(N)c(/C=N/C(C)F)c1.C=CN.CC. The van der Waals surface area contributed by atoms with Crippen molar-refractivity contribution in [3.05, 3.63) is 88.5 Å². The lowest BCUT2D eigenvalue weighted by Crippen LogP contribution is -2.29. The van der Waals surface area contributed by atoms with Gasteiger partial charge < -0.3 is 21.5 Å². The van der Waals surface area contributed by atoms with E-state index in [1.807, 2.05) is 52.8 Å². The molecule has 2 heterocycles. The maximum absolute atomic E-state index is 16.0. The van der Waals surface area contributed by atoms with Crippen LogP contribution >= 0.6 is 11.6 Å². The average molecular weight is 667 g/mol. The van der Waals surface area contributed by atoms with Crippen molar-refractivity contribution in [3.63, 3.8) is 0 Å². The smallest absolute Gasteiger partial charge is 0.187 e. The highest BCUT2D eigenvalue weighted by Gasteiger charge is 2.51. The third-order valence-electron chi connectivity index (χ3n) is 8.02. The summed E-state index contributed by atoms with van der Waals surface area (Å²) in [6.07, 6.45) is 6.16. The number of ether oxygens (including phenoxy) is 1. The maximum Gasteiger partial charge on any atom is 0.187 e. The van der Waals surface area contributed by atoms with Crippen molar-refractivity contribution in [3.8, 4) is 17.0 Å². The predicted molar refractivity (Wildman–Crippen MR) is 193 cm³/mol. The summed E-state index contributed by atoms with van der Waals surface area (Å²) in [6.45, 7) is 19.2. The highest BCUT2D eigenvalue weighted by Crippen LogP contribution is 2.52. The minimum Gasteiger partial charge on any atom is -0.491 e. The number of hydrogen-bond acceptors (Lipinski definition) is 7. The zero-order chi connectivity index (χ0) is 34.9. The zero-order valence-electron chi connectivity index (χ0n) is 28.5. The van der Waals surface area contributed by atoms with E-state index in [0.717, 1.165) is 40.8 Å². The number of nitrogens with two attached hydrogens (primary N) is 2. The summed E-state index contributed by atoms with van der Waals surface area (Å²) in [5.74, 6) is 0.476. The molecule has 2 aliphatic carbocycles. The Morgan fingerprint density at radius 2 is 1.89 bits per heavy atom. The summed E-state index contributed by atoms with van der Waals surface area (Å²) in [5, 5.41) is 3.92. The molecule has 2 fully saturated rings. The fourth-order valence-electron chi connectivity index (χ4n) is 5.30. The molecule has 7 nitrogen and oxygen atoms in total. The van der Waals surface area contributed by atoms with Crippen LogP contribution in [0.5, 0.6) is 5.75 Å². The van der Waals surface area contributed by atoms with Crippen molar-refractivity contribution < 1.29 is 13.5 Å². The second kappa shape index (κ2) is 16.7. The van der Waals surface area contributed by atoms with Crippen LogP contribution < -0.4 is 21.5 Å². The van der Waals surface area contributed by atoms with Crippen molar-refractivity contribution in [1.29, 1.82) is 0 Å². The van der Waals surface area contributed by atoms with E-state index in [9.17, 15) is 4.39 Å². The van der Waals surface area contributed by atoms with Gasteiger partial charge >= 0.3 is 0 Å². The van der Waals surface area contributed by atoms with E-state index in [-0.39, 0.29) is 6.54 Å². The summed E-state index contributed by atoms with van der Waals surface area (Å²) >= 11 is 6.89. The molecule has 5 N–H and O–H groups in total. The Morgan fingerprint density at radius 3 is 2.47 bits per heavy atom. The number of aryl methyl sites for hydroxylation is 2. The maximum atomic E-state index is 16.0. The fraction of sp³-hybridized carbons (Fsp3) is 0.432. The second-order valence-corrected chi connectivity index (χ2v) is 12.0. The van der Waals surface area contributed by atoms with Gasteiger partial charge in [0.1, 0.15) is 17.1 Å². The van der Waals surface area contributed by atoms with Crippen LogP contribution in [0, 0.1) is 13.8 Å². The predicted octanol–water partition coefficient (Wildman–Crippen LogP) is 8.97. The van der Waals surface area contributed by atoms with Crippen LogP contribution in [-0.4, -0.2) is 41.3 Å². The van der Waals surface area contributed by atoms with E-state index in [0.29, 0.717) is 64.5 Å². The van der Waals surface area contributed by atoms with Gasteiger partial charge in [0.05, 0.1) is 23.2 Å². The number of benzene rings is 1. The van der Waals surface area contributed by atoms with Crippen LogP contribution in [0.4, 0.5) is 14.5 Å². The van der Waals surface area contributed by atoms with Crippen molar-refractivity contribution in [2.75, 3.05) is 18.9 Å². The van der Waals surface area contributed by atoms with E-state index in [2.05, 4.69) is 34.2 Å². The Balaban J connectivity index is 0.00000114. The summed E-state index contributed by atoms with van der Waals surface area (Å²) in [5.41, 5.74) is 16.5. The first kappa shape index (κ1) is 37.5. The van der Waals surface area contributed by atoms with Crippen LogP contribution in [0.15, 0.2) is 54.8 Å². The molecule has 0 spiro atoms. The topological polar surface area (TPSA) is 111 Å². The van der Waals surface area contributed by atoms with Crippen LogP contribution in [0.2, 0.25) is 5.02 Å². The van der Waals surface area contributed by atoms with Crippen LogP contribution in [-0.2, 0) is 0 Å². The van der Waals surface area contributed by atoms with Crippen molar-refractivity contribution in [2.24, 2.45) is 10.7 Å². The number of anilines is 1. The van der Waals surface area contributed by atoms with Crippen molar-refractivity contribution >= 4 is 29.2 Å². The van der Waals surface area contributed by atoms with Crippen molar-refractivity contribution in [2.45, 2.75) is 91.0 Å². The summed E-state index contributed by atoms with van der Waals surface area (Å²) in [6, 6.07) is 7.48. The van der Waals surface area contributed by atoms with Gasteiger partial charge in [-0.2, -0.15) is 0 Å². The molecule has 2 saturated carbocycles. The summed E-state index contributed by atoms with van der Waals surface area (Å²) in [7, 11) is 0. The number of hydrogen-bond donors (Lipinski definition) is 3. The van der Waals surface area contributed by atoms with Gasteiger partial charge in [-0.3, -0.25) is 9.98 Å². The van der Waals surface area contributed by atoms with E-state index < -0.39 is 17.9 Å². The number of rotatable bonds is 12. The lowest BCUT2D eigenvalue weighted by atomic mass is 9.93. The van der Waals surface area contributed by atoms with Gasteiger partial charge in [0.2, 0.25) is 0 Å². The molecular weight excluding hydrogens is 618 g/mol. The second-order valence-electron chi connectivity index (χ2n) is 11.6. The van der Waals surface area contributed by atoms with Gasteiger partial charge in [0.15, 0.2) is 6.30 Å². The molecule has 2 unspecified atom stereocenters. The van der Waals surface area contributed by atoms with Gasteiger partial charge in [-0.05, 0) is 101 Å². The number of nitrogen functional groups attached to an aromatic ring is 1. The quantitative estimate of drug-likeness (QED) is 0.101. The number of aliphatic imine (C=N–C) groups is 1. The number of aromatic nitrogens is 2. The molecule has 254 valence electrons. The summed E-state index contributed by atoms with van der Waals surface area (Å²) < 4.78 is 35.4. The third-order valence-corrected chi connectivity index (χ3v) is 8.41. The van der Waals surface area contributed by atoms with Gasteiger partial charge in [0, 0.05) is 53.1 Å². The largest absolute Gasteiger partial charge is 0.491 e. The first-order chi connectivity index (χ1) is 22.4. The number of nitrogens with zero attached hydrogens (tertiary/aromatic N) is 3. The number of halogens is 3. The molecule has 0 radical (unpaired) electrons. The number of pyridine rings is 2. The van der Waals surface area contributed by atoms with Gasteiger partial charge in [0.25, 0.3) is 0 Å². The molecule has 1 aromatic carbocycles. The first-order valence-corrected chi connectivity index (χ1v) is 16.6. The Labute approximate surface area is 283 Å². The minimum atomic E-state index is -1.38. The average Bonchev–Trinajstić information content (AvgIpc) is 3.98.